The van der Waals surface area contributed by atoms with E-state index in [4.69, 9.17) is 0 Å². The Morgan fingerprint density at radius 2 is 0.215 bits per heavy atom. The molecule has 3 spiro atoms. The van der Waals surface area contributed by atoms with Crippen LogP contribution in [0.3, 0.4) is 0 Å². The fourth-order valence-corrected chi connectivity index (χ4v) is 22.5. The summed E-state index contributed by atoms with van der Waals surface area (Å²) in [6, 6.07) is 0. The van der Waals surface area contributed by atoms with E-state index in [2.05, 4.69) is 249 Å². The Morgan fingerprint density at radius 3 is 0.308 bits per heavy atom. The van der Waals surface area contributed by atoms with Gasteiger partial charge in [-0.1, -0.05) is 583 Å². The van der Waals surface area contributed by atoms with Gasteiger partial charge in [0.15, 0.2) is 0 Å². The first-order valence-electron chi connectivity index (χ1n) is 60.5. The third-order valence-electron chi connectivity index (χ3n) is 37.0. The van der Waals surface area contributed by atoms with Gasteiger partial charge in [0.1, 0.15) is 0 Å². The van der Waals surface area contributed by atoms with E-state index in [1.165, 1.54) is 203 Å². The topological polar surface area (TPSA) is 0 Å². The molecular weight excluding hydrogens is 1560 g/mol. The van der Waals surface area contributed by atoms with Crippen molar-refractivity contribution in [2.45, 2.75) is 699 Å². The highest BCUT2D eigenvalue weighted by molar-refractivity contribution is 4.91. The fraction of sp³-hybridized carbons (Fsp3) is 1.00. The zero-order valence-corrected chi connectivity index (χ0v) is 98.4. The average Bonchev–Trinajstić information content (AvgIpc) is 1.38. The monoisotopic (exact) mass is 1820 g/mol. The van der Waals surface area contributed by atoms with Crippen LogP contribution >= 0.6 is 0 Å². The lowest BCUT2D eigenvalue weighted by Crippen LogP contribution is -2.28. The van der Waals surface area contributed by atoms with Crippen LogP contribution in [0.4, 0.5) is 0 Å². The Bertz CT molecular complexity index is 2120. The Balaban J connectivity index is 0.000000691. The van der Waals surface area contributed by atoms with Crippen LogP contribution in [0.2, 0.25) is 0 Å². The van der Waals surface area contributed by atoms with Crippen LogP contribution in [0.15, 0.2) is 0 Å². The Labute approximate surface area is 829 Å². The minimum absolute atomic E-state index is 0.542. The van der Waals surface area contributed by atoms with Crippen molar-refractivity contribution in [3.8, 4) is 0 Å². The lowest BCUT2D eigenvalue weighted by molar-refractivity contribution is 0.116. The summed E-state index contributed by atoms with van der Waals surface area (Å²) in [7, 11) is 0. The largest absolute Gasteiger partial charge is 0.0649 e. The van der Waals surface area contributed by atoms with Gasteiger partial charge < -0.3 is 0 Å². The minimum Gasteiger partial charge on any atom is -0.0649 e. The Morgan fingerprint density at radius 1 is 0.123 bits per heavy atom. The number of fused-ring (bicyclic) bond motifs is 13. The summed E-state index contributed by atoms with van der Waals surface area (Å²) in [5.74, 6) is 14.0. The van der Waals surface area contributed by atoms with E-state index in [1.807, 2.05) is 0 Å². The lowest BCUT2D eigenvalue weighted by atomic mass is 9.65. The maximum atomic E-state index is 2.24. The second-order valence-corrected chi connectivity index (χ2v) is 59.2. The summed E-state index contributed by atoms with van der Waals surface area (Å²) in [6.07, 6.45) is 106. The SMILES string of the molecule is C1CC2CC(C1)C2.C1CC2CCC(C1)C2.C1CC2CCC(C1)C2.C1CC2CCC1C2.C1CC2CCC1CC2.C1CC2CCCC(C1)C2.C1CCC2(C1)CCCC2.C1CCC2(CC1)CCCC2.C1CCC2(CC1)CCCC2.CCC(C)(C)C.CCC(C)(C)C.CCC(C)(C)C.CCC(C)(C)C.CCC(C)(C)C.CCC(C)(C)C.CCC(C)(C)C.CCC(C)(C)C.CCC(C)(C)C. The van der Waals surface area contributed by atoms with Crippen molar-refractivity contribution in [3.63, 3.8) is 0 Å². The summed E-state index contributed by atoms with van der Waals surface area (Å²) < 4.78 is 0. The highest BCUT2D eigenvalue weighted by atomic mass is 14.4. The van der Waals surface area contributed by atoms with Crippen LogP contribution in [0.25, 0.3) is 0 Å². The summed E-state index contributed by atoms with van der Waals surface area (Å²) in [4.78, 5) is 0. The van der Waals surface area contributed by atoms with Gasteiger partial charge in [0, 0.05) is 0 Å². The molecular formula is C130H260. The first-order chi connectivity index (χ1) is 60.5. The molecule has 20 fully saturated rings. The van der Waals surface area contributed by atoms with Gasteiger partial charge in [0.2, 0.25) is 0 Å². The van der Waals surface area contributed by atoms with Gasteiger partial charge >= 0.3 is 0 Å². The van der Waals surface area contributed by atoms with Gasteiger partial charge in [-0.15, -0.1) is 0 Å². The number of rotatable bonds is 0. The Kier molecular flexibility index (Phi) is 65.7. The van der Waals surface area contributed by atoms with E-state index in [1.54, 1.807) is 270 Å². The highest BCUT2D eigenvalue weighted by Gasteiger charge is 2.39. The summed E-state index contributed by atoms with van der Waals surface area (Å²) in [6.45, 7) is 80.4. The van der Waals surface area contributed by atoms with Crippen molar-refractivity contribution in [1.29, 1.82) is 0 Å². The van der Waals surface area contributed by atoms with Crippen LogP contribution in [-0.2, 0) is 0 Å². The quantitative estimate of drug-likeness (QED) is 0.227. The maximum absolute atomic E-state index is 2.24. The van der Waals surface area contributed by atoms with E-state index in [0.29, 0.717) is 48.7 Å². The normalized spacial score (nSPS) is 28.4. The second-order valence-electron chi connectivity index (χ2n) is 59.2. The van der Waals surface area contributed by atoms with Crippen molar-refractivity contribution in [1.82, 2.24) is 0 Å². The summed E-state index contributed by atoms with van der Waals surface area (Å²) >= 11 is 0. The molecule has 0 heteroatoms. The summed E-state index contributed by atoms with van der Waals surface area (Å²) in [5, 5.41) is 0. The molecule has 20 aliphatic carbocycles. The van der Waals surface area contributed by atoms with E-state index in [0.717, 1.165) is 63.6 Å². The maximum Gasteiger partial charge on any atom is -0.0297 e. The molecule has 0 radical (unpaired) electrons. The molecule has 0 aliphatic heterocycles. The third kappa shape index (κ3) is 69.8. The van der Waals surface area contributed by atoms with Crippen LogP contribution in [-0.4, -0.2) is 0 Å². The Hall–Kier alpha value is 0. The molecule has 20 aliphatic rings. The molecule has 0 heterocycles. The van der Waals surface area contributed by atoms with E-state index in [9.17, 15) is 0 Å². The molecule has 20 saturated carbocycles. The standard InChI is InChI=1S/2C10H18.2C9H16.3C8H14.2C7H12.9C6H14/c2*1-2-6-10(7-3-1)8-4-5-9-10;1-3-8-5-2-6-9(4-1)7-8;1-2-6-9(5-1)7-3-4-8-9;1-2-8-5-3-7(1)4-6-8;2*1-2-7-4-5-8(3-1)6-7;1-2-7-4-3-6(1)5-7;1-2-6-4-7(3-1)5-6;9*1-5-6(2,3)4/h2*1-9H2;8-9H,1-7H2;1-8H2;3*7-8H,1-6H2;2*6-7H,1-5H2;9*5H2,1-4H3. The molecule has 130 heavy (non-hydrogen) atoms. The van der Waals surface area contributed by atoms with Crippen molar-refractivity contribution in [3.05, 3.63) is 0 Å². The van der Waals surface area contributed by atoms with Gasteiger partial charge in [-0.25, -0.2) is 0 Å². The zero-order valence-electron chi connectivity index (χ0n) is 98.4. The molecule has 12 bridgehead atoms. The van der Waals surface area contributed by atoms with Crippen molar-refractivity contribution >= 4 is 0 Å². The van der Waals surface area contributed by atoms with Crippen molar-refractivity contribution in [2.75, 3.05) is 0 Å². The first kappa shape index (κ1) is 128. The van der Waals surface area contributed by atoms with E-state index >= 15 is 0 Å². The van der Waals surface area contributed by atoms with E-state index < -0.39 is 0 Å². The molecule has 0 saturated heterocycles. The molecule has 0 nitrogen and oxygen atoms in total. The number of hydrogen-bond acceptors (Lipinski definition) is 0. The zero-order chi connectivity index (χ0) is 98.4. The average molecular weight is 1820 g/mol. The predicted molar refractivity (Wildman–Crippen MR) is 599 cm³/mol. The van der Waals surface area contributed by atoms with Gasteiger partial charge in [0.25, 0.3) is 0 Å². The fourth-order valence-electron chi connectivity index (χ4n) is 22.5. The molecule has 0 aromatic carbocycles. The molecule has 780 valence electrons. The van der Waals surface area contributed by atoms with Gasteiger partial charge in [0.05, 0.1) is 0 Å². The van der Waals surface area contributed by atoms with Crippen LogP contribution in [0, 0.1) is 136 Å². The third-order valence-corrected chi connectivity index (χ3v) is 37.0. The van der Waals surface area contributed by atoms with Crippen LogP contribution < -0.4 is 0 Å². The van der Waals surface area contributed by atoms with Crippen LogP contribution in [0.1, 0.15) is 699 Å². The first-order valence-corrected chi connectivity index (χ1v) is 60.5. The van der Waals surface area contributed by atoms with Crippen molar-refractivity contribution < 1.29 is 0 Å². The van der Waals surface area contributed by atoms with Gasteiger partial charge in [-0.05, 0) is 252 Å². The van der Waals surface area contributed by atoms with Crippen molar-refractivity contribution in [2.24, 2.45) is 136 Å². The molecule has 0 aromatic rings. The molecule has 0 aromatic heterocycles. The molecule has 20 rings (SSSR count). The highest BCUT2D eigenvalue weighted by Crippen LogP contribution is 2.53. The molecule has 4 unspecified atom stereocenters. The smallest absolute Gasteiger partial charge is 0.0297 e. The van der Waals surface area contributed by atoms with Gasteiger partial charge in [-0.2, -0.15) is 0 Å². The van der Waals surface area contributed by atoms with Gasteiger partial charge in [-0.3, -0.25) is 0 Å². The minimum atomic E-state index is 0.542. The summed E-state index contributed by atoms with van der Waals surface area (Å²) in [5.41, 5.74) is 7.51. The van der Waals surface area contributed by atoms with Crippen LogP contribution in [0.5, 0.6) is 0 Å². The lowest BCUT2D eigenvalue weighted by Gasteiger charge is -2.40. The second kappa shape index (κ2) is 66.7. The number of hydrogen-bond donors (Lipinski definition) is 0. The molecule has 0 amide bonds. The molecule has 0 N–H and O–H groups in total. The molecule has 4 atom stereocenters. The van der Waals surface area contributed by atoms with E-state index in [-0.39, 0.29) is 0 Å². The predicted octanol–water partition coefficient (Wildman–Crippen LogP) is 47.3.